The minimum atomic E-state index is 0. The number of rotatable bonds is 6. The van der Waals surface area contributed by atoms with Crippen LogP contribution in [-0.2, 0) is 6.42 Å². The van der Waals surface area contributed by atoms with Crippen molar-refractivity contribution in [2.45, 2.75) is 39.2 Å². The van der Waals surface area contributed by atoms with E-state index in [1.165, 1.54) is 30.8 Å². The fourth-order valence-electron chi connectivity index (χ4n) is 2.98. The van der Waals surface area contributed by atoms with E-state index < -0.39 is 0 Å². The summed E-state index contributed by atoms with van der Waals surface area (Å²) in [6, 6.07) is 4.84. The summed E-state index contributed by atoms with van der Waals surface area (Å²) in [4.78, 5) is 8.33. The molecule has 1 aliphatic heterocycles. The number of hydrogen-bond donors (Lipinski definition) is 2. The highest BCUT2D eigenvalue weighted by atomic mass is 127. The van der Waals surface area contributed by atoms with E-state index in [0.29, 0.717) is 6.04 Å². The molecule has 0 spiro atoms. The SMILES string of the molecule is CN=C(NCCc1cccs1)NCC(C)N1CCCC(C)C1.I. The predicted octanol–water partition coefficient (Wildman–Crippen LogP) is 3.19. The van der Waals surface area contributed by atoms with Gasteiger partial charge in [0.25, 0.3) is 0 Å². The second-order valence-electron chi connectivity index (χ2n) is 6.30. The van der Waals surface area contributed by atoms with Gasteiger partial charge in [-0.3, -0.25) is 9.89 Å². The van der Waals surface area contributed by atoms with E-state index in [4.69, 9.17) is 0 Å². The van der Waals surface area contributed by atoms with Crippen LogP contribution in [0.15, 0.2) is 22.5 Å². The maximum Gasteiger partial charge on any atom is 0.191 e. The first-order valence-corrected chi connectivity index (χ1v) is 9.28. The van der Waals surface area contributed by atoms with E-state index in [1.807, 2.05) is 18.4 Å². The van der Waals surface area contributed by atoms with Crippen molar-refractivity contribution in [1.29, 1.82) is 0 Å². The Morgan fingerprint density at radius 1 is 1.48 bits per heavy atom. The summed E-state index contributed by atoms with van der Waals surface area (Å²) >= 11 is 1.81. The monoisotopic (exact) mass is 450 g/mol. The third kappa shape index (κ3) is 7.39. The maximum atomic E-state index is 4.32. The van der Waals surface area contributed by atoms with Crippen molar-refractivity contribution in [3.05, 3.63) is 22.4 Å². The van der Waals surface area contributed by atoms with Crippen molar-refractivity contribution in [2.24, 2.45) is 10.9 Å². The highest BCUT2D eigenvalue weighted by Crippen LogP contribution is 2.17. The smallest absolute Gasteiger partial charge is 0.191 e. The molecule has 2 rings (SSSR count). The minimum Gasteiger partial charge on any atom is -0.356 e. The van der Waals surface area contributed by atoms with Gasteiger partial charge in [-0.25, -0.2) is 0 Å². The van der Waals surface area contributed by atoms with Gasteiger partial charge in [-0.05, 0) is 50.1 Å². The molecular formula is C17H31IN4S. The Bertz CT molecular complexity index is 449. The summed E-state index contributed by atoms with van der Waals surface area (Å²) in [5.74, 6) is 1.74. The van der Waals surface area contributed by atoms with Crippen LogP contribution in [0.25, 0.3) is 0 Å². The number of hydrogen-bond acceptors (Lipinski definition) is 3. The highest BCUT2D eigenvalue weighted by Gasteiger charge is 2.20. The van der Waals surface area contributed by atoms with Crippen molar-refractivity contribution < 1.29 is 0 Å². The first-order valence-electron chi connectivity index (χ1n) is 8.40. The van der Waals surface area contributed by atoms with Gasteiger partial charge >= 0.3 is 0 Å². The fraction of sp³-hybridized carbons (Fsp3) is 0.706. The molecule has 0 radical (unpaired) electrons. The Balaban J connectivity index is 0.00000264. The van der Waals surface area contributed by atoms with E-state index in [0.717, 1.165) is 31.4 Å². The van der Waals surface area contributed by atoms with Crippen LogP contribution in [-0.4, -0.2) is 50.1 Å². The van der Waals surface area contributed by atoms with Crippen LogP contribution in [0.3, 0.4) is 0 Å². The molecule has 0 saturated carbocycles. The van der Waals surface area contributed by atoms with Crippen molar-refractivity contribution in [3.63, 3.8) is 0 Å². The molecule has 0 aliphatic carbocycles. The largest absolute Gasteiger partial charge is 0.356 e. The molecule has 1 fully saturated rings. The van der Waals surface area contributed by atoms with Crippen molar-refractivity contribution in [1.82, 2.24) is 15.5 Å². The molecule has 1 aromatic rings. The lowest BCUT2D eigenvalue weighted by Gasteiger charge is -2.35. The summed E-state index contributed by atoms with van der Waals surface area (Å²) < 4.78 is 0. The molecule has 4 nitrogen and oxygen atoms in total. The number of guanidine groups is 1. The molecule has 2 unspecified atom stereocenters. The molecule has 0 amide bonds. The lowest BCUT2D eigenvalue weighted by molar-refractivity contribution is 0.139. The quantitative estimate of drug-likeness (QED) is 0.397. The molecule has 1 aromatic heterocycles. The number of piperidine rings is 1. The normalized spacial score (nSPS) is 20.7. The zero-order valence-corrected chi connectivity index (χ0v) is 17.7. The van der Waals surface area contributed by atoms with Gasteiger partial charge in [0.15, 0.2) is 5.96 Å². The van der Waals surface area contributed by atoms with Gasteiger partial charge < -0.3 is 10.6 Å². The summed E-state index contributed by atoms with van der Waals surface area (Å²) in [7, 11) is 1.84. The Morgan fingerprint density at radius 3 is 2.96 bits per heavy atom. The topological polar surface area (TPSA) is 39.7 Å². The zero-order chi connectivity index (χ0) is 15.8. The minimum absolute atomic E-state index is 0. The van der Waals surface area contributed by atoms with Crippen molar-refractivity contribution >= 4 is 41.3 Å². The number of nitrogens with zero attached hydrogens (tertiary/aromatic N) is 2. The number of aliphatic imine (C=N–C) groups is 1. The molecule has 1 aliphatic rings. The zero-order valence-electron chi connectivity index (χ0n) is 14.5. The third-order valence-electron chi connectivity index (χ3n) is 4.34. The maximum absolute atomic E-state index is 4.32. The van der Waals surface area contributed by atoms with Crippen LogP contribution >= 0.6 is 35.3 Å². The van der Waals surface area contributed by atoms with Gasteiger partial charge in [-0.2, -0.15) is 0 Å². The van der Waals surface area contributed by atoms with Gasteiger partial charge in [0.05, 0.1) is 0 Å². The summed E-state index contributed by atoms with van der Waals surface area (Å²) in [5.41, 5.74) is 0. The van der Waals surface area contributed by atoms with Crippen LogP contribution in [0.4, 0.5) is 0 Å². The summed E-state index contributed by atoms with van der Waals surface area (Å²) in [6.45, 7) is 9.01. The number of thiophene rings is 1. The lowest BCUT2D eigenvalue weighted by Crippen LogP contribution is -2.48. The van der Waals surface area contributed by atoms with E-state index in [1.54, 1.807) is 0 Å². The molecule has 2 N–H and O–H groups in total. The summed E-state index contributed by atoms with van der Waals surface area (Å²) in [5, 5.41) is 8.99. The van der Waals surface area contributed by atoms with Crippen LogP contribution in [0.1, 0.15) is 31.6 Å². The van der Waals surface area contributed by atoms with E-state index in [2.05, 4.69) is 51.9 Å². The molecule has 2 heterocycles. The van der Waals surface area contributed by atoms with Gasteiger partial charge in [0, 0.05) is 37.6 Å². The number of nitrogens with one attached hydrogen (secondary N) is 2. The van der Waals surface area contributed by atoms with Crippen LogP contribution < -0.4 is 10.6 Å². The molecule has 1 saturated heterocycles. The second-order valence-corrected chi connectivity index (χ2v) is 7.33. The van der Waals surface area contributed by atoms with E-state index in [-0.39, 0.29) is 24.0 Å². The Kier molecular flexibility index (Phi) is 10.1. The van der Waals surface area contributed by atoms with Crippen LogP contribution in [0, 0.1) is 5.92 Å². The van der Waals surface area contributed by atoms with Gasteiger partial charge in [-0.15, -0.1) is 35.3 Å². The summed E-state index contributed by atoms with van der Waals surface area (Å²) in [6.07, 6.45) is 3.76. The predicted molar refractivity (Wildman–Crippen MR) is 112 cm³/mol. The molecule has 0 aromatic carbocycles. The Labute approximate surface area is 162 Å². The van der Waals surface area contributed by atoms with Crippen molar-refractivity contribution in [2.75, 3.05) is 33.2 Å². The first-order chi connectivity index (χ1) is 10.7. The van der Waals surface area contributed by atoms with Crippen molar-refractivity contribution in [3.8, 4) is 0 Å². The average molecular weight is 450 g/mol. The standard InChI is InChI=1S/C17H30N4S.HI/c1-14-6-4-10-21(13-14)15(2)12-20-17(18-3)19-9-8-16-7-5-11-22-16;/h5,7,11,14-15H,4,6,8-10,12-13H2,1-3H3,(H2,18,19,20);1H. The Hall–Kier alpha value is -0.340. The van der Waals surface area contributed by atoms with Gasteiger partial charge in [-0.1, -0.05) is 13.0 Å². The molecule has 6 heteroatoms. The van der Waals surface area contributed by atoms with Crippen LogP contribution in [0.2, 0.25) is 0 Å². The first kappa shape index (κ1) is 20.7. The number of halogens is 1. The highest BCUT2D eigenvalue weighted by molar-refractivity contribution is 14.0. The van der Waals surface area contributed by atoms with Crippen LogP contribution in [0.5, 0.6) is 0 Å². The molecular weight excluding hydrogens is 419 g/mol. The average Bonchev–Trinajstić information content (AvgIpc) is 3.03. The van der Waals surface area contributed by atoms with Gasteiger partial charge in [0.2, 0.25) is 0 Å². The molecule has 0 bridgehead atoms. The fourth-order valence-corrected chi connectivity index (χ4v) is 3.69. The van der Waals surface area contributed by atoms with Gasteiger partial charge in [0.1, 0.15) is 0 Å². The third-order valence-corrected chi connectivity index (χ3v) is 5.28. The lowest BCUT2D eigenvalue weighted by atomic mass is 9.99. The van der Waals surface area contributed by atoms with E-state index in [9.17, 15) is 0 Å². The Morgan fingerprint density at radius 2 is 2.30 bits per heavy atom. The van der Waals surface area contributed by atoms with E-state index >= 15 is 0 Å². The molecule has 23 heavy (non-hydrogen) atoms. The molecule has 2 atom stereocenters. The molecule has 132 valence electrons. The number of likely N-dealkylation sites (tertiary alicyclic amines) is 1. The second kappa shape index (κ2) is 11.3.